The van der Waals surface area contributed by atoms with Gasteiger partial charge in [-0.3, -0.25) is 0 Å². The fraction of sp³-hybridized carbons (Fsp3) is 0.615. The van der Waals surface area contributed by atoms with Crippen LogP contribution in [0.15, 0.2) is 52.2 Å². The molecular formula is C26H36N2O4SSeSi. The third-order valence-electron chi connectivity index (χ3n) is 7.70. The van der Waals surface area contributed by atoms with Crippen molar-refractivity contribution < 1.29 is 8.85 Å². The molecule has 3 aliphatic rings. The first kappa shape index (κ1) is 25.6. The number of aromatic nitrogens is 2. The van der Waals surface area contributed by atoms with Crippen LogP contribution < -0.4 is 15.7 Å². The number of thioether (sulfide) groups is 1. The predicted molar refractivity (Wildman–Crippen MR) is 145 cm³/mol. The molecule has 0 radical (unpaired) electrons. The Kier molecular flexibility index (Phi) is 6.38. The van der Waals surface area contributed by atoms with Crippen LogP contribution in [-0.2, 0) is 8.85 Å². The zero-order chi connectivity index (χ0) is 25.2. The molecule has 1 aromatic carbocycles. The number of nitrogens with zero attached hydrogens (tertiary/aromatic N) is 1. The molecule has 1 saturated carbocycles. The van der Waals surface area contributed by atoms with Gasteiger partial charge in [-0.1, -0.05) is 0 Å². The third-order valence-corrected chi connectivity index (χ3v) is 17.9. The molecular weight excluding hydrogens is 543 g/mol. The van der Waals surface area contributed by atoms with E-state index in [-0.39, 0.29) is 63.4 Å². The van der Waals surface area contributed by atoms with Gasteiger partial charge in [-0.15, -0.1) is 0 Å². The van der Waals surface area contributed by atoms with Gasteiger partial charge < -0.3 is 0 Å². The van der Waals surface area contributed by atoms with Crippen molar-refractivity contribution in [1.29, 1.82) is 0 Å². The molecule has 6 nitrogen and oxygen atoms in total. The molecule has 2 aliphatic heterocycles. The van der Waals surface area contributed by atoms with Gasteiger partial charge >= 0.3 is 220 Å². The van der Waals surface area contributed by atoms with E-state index >= 15 is 0 Å². The Morgan fingerprint density at radius 3 is 2.37 bits per heavy atom. The second-order valence-electron chi connectivity index (χ2n) is 12.0. The first-order chi connectivity index (χ1) is 16.4. The Labute approximate surface area is 219 Å². The summed E-state index contributed by atoms with van der Waals surface area (Å²) in [5.74, 6) is 0. The molecule has 1 aromatic heterocycles. The molecule has 190 valence electrons. The standard InChI is InChI=1S/C26H36N2O4SSeSi/c1-24(2,3)35(25(4,5)6)31-18-13-10-15-26(18)21(32-35)20(34-17-11-8-7-9-12-17)22(33-26)28-16-14-19(29)27-23(28)30/h7-9,11-12,14,16,18,20-22H,10,13,15H2,1-6H3,(H,27,29,30)/t18-,20-,21+,22-,26+/m1/s1. The van der Waals surface area contributed by atoms with Crippen molar-refractivity contribution in [3.05, 3.63) is 63.4 Å². The van der Waals surface area contributed by atoms with E-state index in [9.17, 15) is 9.59 Å². The molecule has 0 amide bonds. The minimum absolute atomic E-state index is 0.00269. The Morgan fingerprint density at radius 1 is 1.06 bits per heavy atom. The molecule has 9 heteroatoms. The molecule has 1 N–H and O–H groups in total. The van der Waals surface area contributed by atoms with Crippen molar-refractivity contribution >= 4 is 39.7 Å². The van der Waals surface area contributed by atoms with Crippen LogP contribution in [0.4, 0.5) is 0 Å². The second kappa shape index (κ2) is 8.74. The van der Waals surface area contributed by atoms with Crippen LogP contribution in [0.1, 0.15) is 66.2 Å². The van der Waals surface area contributed by atoms with Gasteiger partial charge in [0.15, 0.2) is 0 Å². The molecule has 5 atom stereocenters. The minimum atomic E-state index is -2.72. The first-order valence-electron chi connectivity index (χ1n) is 12.4. The average Bonchev–Trinajstić information content (AvgIpc) is 3.31. The van der Waals surface area contributed by atoms with Crippen LogP contribution in [0, 0.1) is 0 Å². The van der Waals surface area contributed by atoms with Gasteiger partial charge in [0, 0.05) is 0 Å². The number of aromatic amines is 1. The van der Waals surface area contributed by atoms with Crippen LogP contribution in [0.25, 0.3) is 0 Å². The van der Waals surface area contributed by atoms with Crippen LogP contribution in [0.5, 0.6) is 0 Å². The number of nitrogens with one attached hydrogen (secondary N) is 1. The van der Waals surface area contributed by atoms with Gasteiger partial charge in [0.05, 0.1) is 0 Å². The Balaban J connectivity index is 1.67. The third kappa shape index (κ3) is 4.07. The van der Waals surface area contributed by atoms with Crippen molar-refractivity contribution in [2.24, 2.45) is 0 Å². The Morgan fingerprint density at radius 2 is 1.74 bits per heavy atom. The summed E-state index contributed by atoms with van der Waals surface area (Å²) in [6.07, 6.45) is 4.96. The molecule has 0 bridgehead atoms. The van der Waals surface area contributed by atoms with Crippen LogP contribution in [0.3, 0.4) is 0 Å². The van der Waals surface area contributed by atoms with E-state index in [2.05, 4.69) is 70.8 Å². The van der Waals surface area contributed by atoms with Crippen LogP contribution >= 0.6 is 11.8 Å². The zero-order valence-corrected chi connectivity index (χ0v) is 24.9. The normalized spacial score (nSPS) is 32.3. The summed E-state index contributed by atoms with van der Waals surface area (Å²) in [7, 11) is -2.72. The van der Waals surface area contributed by atoms with Gasteiger partial charge in [0.25, 0.3) is 0 Å². The van der Waals surface area contributed by atoms with E-state index in [1.165, 1.54) is 10.5 Å². The zero-order valence-electron chi connectivity index (χ0n) is 21.4. The second-order valence-corrected chi connectivity index (χ2v) is 20.8. The molecule has 1 aliphatic carbocycles. The molecule has 1 spiro atoms. The molecule has 3 heterocycles. The van der Waals surface area contributed by atoms with Gasteiger partial charge in [0.1, 0.15) is 0 Å². The van der Waals surface area contributed by atoms with Crippen molar-refractivity contribution in [1.82, 2.24) is 9.55 Å². The monoisotopic (exact) mass is 580 g/mol. The van der Waals surface area contributed by atoms with E-state index in [1.807, 2.05) is 17.8 Å². The fourth-order valence-corrected chi connectivity index (χ4v) is 17.4. The van der Waals surface area contributed by atoms with Crippen molar-refractivity contribution in [3.8, 4) is 0 Å². The predicted octanol–water partition coefficient (Wildman–Crippen LogP) is 4.35. The van der Waals surface area contributed by atoms with Crippen LogP contribution in [-0.4, -0.2) is 50.0 Å². The van der Waals surface area contributed by atoms with E-state index in [4.69, 9.17) is 8.85 Å². The summed E-state index contributed by atoms with van der Waals surface area (Å²) in [6, 6.07) is 12.0. The van der Waals surface area contributed by atoms with Crippen molar-refractivity contribution in [2.75, 3.05) is 0 Å². The number of H-pyrrole nitrogens is 1. The van der Waals surface area contributed by atoms with Gasteiger partial charge in [0.2, 0.25) is 0 Å². The van der Waals surface area contributed by atoms with E-state index in [1.54, 1.807) is 10.8 Å². The average molecular weight is 580 g/mol. The maximum atomic E-state index is 13.0. The molecule has 35 heavy (non-hydrogen) atoms. The van der Waals surface area contributed by atoms with E-state index < -0.39 is 8.56 Å². The van der Waals surface area contributed by atoms with E-state index in [0.29, 0.717) is 0 Å². The van der Waals surface area contributed by atoms with Crippen molar-refractivity contribution in [3.63, 3.8) is 0 Å². The number of hydrogen-bond donors (Lipinski definition) is 1. The van der Waals surface area contributed by atoms with Crippen molar-refractivity contribution in [2.45, 2.75) is 98.0 Å². The summed E-state index contributed by atoms with van der Waals surface area (Å²) in [5, 5.41) is -0.331. The SMILES string of the molecule is CC(C)(C)[Si]1(C(C)(C)C)O[C@@H]2CCC[C@]23S[C@@H](n2ccc(=O)[nH]c2=O)[C@H]([Se]c2ccccc2)[C@@H]3O1. The topological polar surface area (TPSA) is 73.3 Å². The number of benzene rings is 1. The molecule has 0 unspecified atom stereocenters. The van der Waals surface area contributed by atoms with Gasteiger partial charge in [-0.25, -0.2) is 0 Å². The molecule has 3 fully saturated rings. The number of hydrogen-bond acceptors (Lipinski definition) is 5. The van der Waals surface area contributed by atoms with E-state index in [0.717, 1.165) is 19.3 Å². The Hall–Kier alpha value is -1.09. The maximum absolute atomic E-state index is 13.0. The quantitative estimate of drug-likeness (QED) is 0.548. The number of rotatable bonds is 3. The first-order valence-corrected chi connectivity index (χ1v) is 17.0. The summed E-state index contributed by atoms with van der Waals surface area (Å²) < 4.78 is 17.5. The molecule has 2 aromatic rings. The van der Waals surface area contributed by atoms with Gasteiger partial charge in [-0.2, -0.15) is 0 Å². The molecule has 5 rings (SSSR count). The summed E-state index contributed by atoms with van der Waals surface area (Å²) in [4.78, 5) is 27.5. The van der Waals surface area contributed by atoms with Gasteiger partial charge in [-0.05, 0) is 0 Å². The Bertz CT molecular complexity index is 1190. The summed E-state index contributed by atoms with van der Waals surface area (Å²) >= 11 is 1.94. The van der Waals surface area contributed by atoms with Crippen LogP contribution in [0.2, 0.25) is 14.9 Å². The summed E-state index contributed by atoms with van der Waals surface area (Å²) in [6.45, 7) is 13.6. The molecule has 2 saturated heterocycles. The summed E-state index contributed by atoms with van der Waals surface area (Å²) in [5.41, 5.74) is -0.704. The fourth-order valence-electron chi connectivity index (χ4n) is 6.40.